The van der Waals surface area contributed by atoms with E-state index >= 15 is 0 Å². The molecule has 0 spiro atoms. The van der Waals surface area contributed by atoms with Crippen LogP contribution in [0.15, 0.2) is 90.8 Å². The highest BCUT2D eigenvalue weighted by Gasteiger charge is 2.28. The molecule has 34 heavy (non-hydrogen) atoms. The van der Waals surface area contributed by atoms with Crippen LogP contribution in [0.25, 0.3) is 0 Å². The van der Waals surface area contributed by atoms with Crippen LogP contribution in [-0.4, -0.2) is 36.6 Å². The summed E-state index contributed by atoms with van der Waals surface area (Å²) in [4.78, 5) is 17.8. The van der Waals surface area contributed by atoms with E-state index in [0.717, 1.165) is 42.3 Å². The van der Waals surface area contributed by atoms with E-state index in [1.54, 1.807) is 0 Å². The maximum absolute atomic E-state index is 13.7. The van der Waals surface area contributed by atoms with Gasteiger partial charge in [-0.05, 0) is 41.5 Å². The third-order valence-corrected chi connectivity index (χ3v) is 6.32. The number of nitrogens with zero attached hydrogens (tertiary/aromatic N) is 3. The molecule has 6 heteroatoms. The fourth-order valence-corrected chi connectivity index (χ4v) is 4.59. The molecule has 3 aromatic carbocycles. The number of carbonyl (C=O) groups is 1. The van der Waals surface area contributed by atoms with E-state index < -0.39 is 0 Å². The van der Waals surface area contributed by atoms with Crippen LogP contribution in [0.2, 0.25) is 0 Å². The summed E-state index contributed by atoms with van der Waals surface area (Å²) in [6.45, 7) is 2.84. The van der Waals surface area contributed by atoms with Gasteiger partial charge >= 0.3 is 0 Å². The Kier molecular flexibility index (Phi) is 6.39. The molecule has 0 radical (unpaired) electrons. The third-order valence-electron chi connectivity index (χ3n) is 6.32. The van der Waals surface area contributed by atoms with Gasteiger partial charge in [0.15, 0.2) is 0 Å². The lowest BCUT2D eigenvalue weighted by Crippen LogP contribution is -2.37. The van der Waals surface area contributed by atoms with Gasteiger partial charge in [-0.2, -0.15) is 5.26 Å². The summed E-state index contributed by atoms with van der Waals surface area (Å²) in [6.07, 6.45) is 2.75. The predicted octanol–water partition coefficient (Wildman–Crippen LogP) is 3.62. The molecule has 2 aliphatic heterocycles. The molecular formula is C28H27N5O. The van der Waals surface area contributed by atoms with E-state index in [4.69, 9.17) is 0 Å². The molecule has 0 aliphatic carbocycles. The lowest BCUT2D eigenvalue weighted by molar-refractivity contribution is 0.0793. The minimum Gasteiger partial charge on any atom is -0.344 e. The summed E-state index contributed by atoms with van der Waals surface area (Å²) in [5, 5.41) is 16.4. The number of rotatable bonds is 5. The average Bonchev–Trinajstić information content (AvgIpc) is 3.35. The molecule has 2 aliphatic rings. The average molecular weight is 450 g/mol. The van der Waals surface area contributed by atoms with Gasteiger partial charge in [0.1, 0.15) is 0 Å². The van der Waals surface area contributed by atoms with Gasteiger partial charge in [0.2, 0.25) is 0 Å². The van der Waals surface area contributed by atoms with Crippen molar-refractivity contribution in [2.24, 2.45) is 0 Å². The number of allylic oxidation sites excluding steroid dienone is 1. The second kappa shape index (κ2) is 9.92. The van der Waals surface area contributed by atoms with Crippen LogP contribution in [-0.2, 0) is 13.0 Å². The molecule has 2 N–H and O–H groups in total. The quantitative estimate of drug-likeness (QED) is 0.623. The largest absolute Gasteiger partial charge is 0.344 e. The molecule has 5 rings (SSSR count). The van der Waals surface area contributed by atoms with E-state index in [9.17, 15) is 10.1 Å². The number of nitriles is 1. The van der Waals surface area contributed by atoms with Crippen LogP contribution in [0.1, 0.15) is 27.0 Å². The normalized spacial score (nSPS) is 17.5. The van der Waals surface area contributed by atoms with Crippen LogP contribution in [0.3, 0.4) is 0 Å². The van der Waals surface area contributed by atoms with Gasteiger partial charge in [-0.3, -0.25) is 10.1 Å². The molecule has 1 fully saturated rings. The Morgan fingerprint density at radius 2 is 1.79 bits per heavy atom. The van der Waals surface area contributed by atoms with Crippen molar-refractivity contribution in [2.75, 3.05) is 24.7 Å². The molecule has 0 unspecified atom stereocenters. The number of hydrogen-bond acceptors (Lipinski definition) is 5. The van der Waals surface area contributed by atoms with Gasteiger partial charge < -0.3 is 15.1 Å². The molecule has 1 amide bonds. The van der Waals surface area contributed by atoms with Gasteiger partial charge in [0.05, 0.1) is 18.2 Å². The smallest absolute Gasteiger partial charge is 0.258 e. The molecule has 0 aromatic heterocycles. The van der Waals surface area contributed by atoms with E-state index in [1.165, 1.54) is 0 Å². The summed E-state index contributed by atoms with van der Waals surface area (Å²) >= 11 is 0. The van der Waals surface area contributed by atoms with Crippen LogP contribution in [0.5, 0.6) is 0 Å². The molecule has 1 atom stereocenters. The summed E-state index contributed by atoms with van der Waals surface area (Å²) in [6, 6.07) is 27.9. The predicted molar refractivity (Wildman–Crippen MR) is 133 cm³/mol. The van der Waals surface area contributed by atoms with Crippen molar-refractivity contribution < 1.29 is 4.79 Å². The number of anilines is 1. The number of carbonyl (C=O) groups excluding carboxylic acids is 1. The summed E-state index contributed by atoms with van der Waals surface area (Å²) in [5.41, 5.74) is 5.31. The molecule has 3 aromatic rings. The van der Waals surface area contributed by atoms with Gasteiger partial charge in [0.25, 0.3) is 5.91 Å². The van der Waals surface area contributed by atoms with E-state index in [-0.39, 0.29) is 11.9 Å². The Morgan fingerprint density at radius 1 is 1.03 bits per heavy atom. The Labute approximate surface area is 200 Å². The van der Waals surface area contributed by atoms with Crippen molar-refractivity contribution in [1.29, 1.82) is 5.26 Å². The van der Waals surface area contributed by atoms with Crippen molar-refractivity contribution in [3.05, 3.63) is 113 Å². The van der Waals surface area contributed by atoms with Gasteiger partial charge in [-0.15, -0.1) is 0 Å². The van der Waals surface area contributed by atoms with E-state index in [1.807, 2.05) is 71.6 Å². The Bertz CT molecular complexity index is 1230. The zero-order valence-corrected chi connectivity index (χ0v) is 18.9. The number of amides is 1. The van der Waals surface area contributed by atoms with Gasteiger partial charge in [-0.25, -0.2) is 0 Å². The zero-order chi connectivity index (χ0) is 23.3. The van der Waals surface area contributed by atoms with Crippen LogP contribution >= 0.6 is 0 Å². The maximum atomic E-state index is 13.7. The highest BCUT2D eigenvalue weighted by molar-refractivity contribution is 5.95. The van der Waals surface area contributed by atoms with Crippen molar-refractivity contribution >= 4 is 11.6 Å². The third kappa shape index (κ3) is 4.72. The summed E-state index contributed by atoms with van der Waals surface area (Å²) in [5.74, 6) is -0.0430. The number of hydrogen-bond donors (Lipinski definition) is 2. The van der Waals surface area contributed by atoms with Crippen LogP contribution < -0.4 is 15.5 Å². The second-order valence-corrected chi connectivity index (χ2v) is 8.68. The van der Waals surface area contributed by atoms with Crippen LogP contribution in [0, 0.1) is 11.3 Å². The molecule has 0 saturated carbocycles. The molecule has 6 nitrogen and oxygen atoms in total. The summed E-state index contributed by atoms with van der Waals surface area (Å²) < 4.78 is 0. The highest BCUT2D eigenvalue weighted by Crippen LogP contribution is 2.32. The standard InChI is InChI=1S/C28H27N5O/c29-15-22-11-12-27-24(13-22)17-33(28(34)23-9-5-2-6-10-23)26(14-21-7-3-1-4-8-21)19-32(27)18-25-16-30-20-31-25/h1-13,19,25,30-31H,14,16-18,20H2/t25-/m1/s1. The van der Waals surface area contributed by atoms with Crippen molar-refractivity contribution in [3.63, 3.8) is 0 Å². The Morgan fingerprint density at radius 3 is 2.50 bits per heavy atom. The molecule has 2 heterocycles. The fraction of sp³-hybridized carbons (Fsp3) is 0.214. The van der Waals surface area contributed by atoms with Crippen LogP contribution in [0.4, 0.5) is 5.69 Å². The topological polar surface area (TPSA) is 71.4 Å². The van der Waals surface area contributed by atoms with E-state index in [2.05, 4.69) is 39.9 Å². The van der Waals surface area contributed by atoms with Crippen molar-refractivity contribution in [2.45, 2.75) is 19.0 Å². The van der Waals surface area contributed by atoms with Gasteiger partial charge in [-0.1, -0.05) is 48.5 Å². The minimum absolute atomic E-state index is 0.0430. The lowest BCUT2D eigenvalue weighted by atomic mass is 10.1. The second-order valence-electron chi connectivity index (χ2n) is 8.68. The Balaban J connectivity index is 1.60. The molecule has 170 valence electrons. The number of nitrogens with one attached hydrogen (secondary N) is 2. The molecular weight excluding hydrogens is 422 g/mol. The fourth-order valence-electron chi connectivity index (χ4n) is 4.59. The SMILES string of the molecule is N#Cc1ccc2c(c1)CN(C(=O)c1ccccc1)C(Cc1ccccc1)=CN2C[C@H]1CNCN1. The first-order valence-corrected chi connectivity index (χ1v) is 11.6. The minimum atomic E-state index is -0.0430. The van der Waals surface area contributed by atoms with E-state index in [0.29, 0.717) is 24.1 Å². The van der Waals surface area contributed by atoms with Crippen molar-refractivity contribution in [1.82, 2.24) is 15.5 Å². The monoisotopic (exact) mass is 449 g/mol. The number of benzene rings is 3. The Hall–Kier alpha value is -3.92. The first-order valence-electron chi connectivity index (χ1n) is 11.6. The number of fused-ring (bicyclic) bond motifs is 1. The van der Waals surface area contributed by atoms with Gasteiger partial charge in [0, 0.05) is 55.4 Å². The summed E-state index contributed by atoms with van der Waals surface area (Å²) in [7, 11) is 0. The maximum Gasteiger partial charge on any atom is 0.258 e. The first-order chi connectivity index (χ1) is 16.7. The zero-order valence-electron chi connectivity index (χ0n) is 18.9. The molecule has 1 saturated heterocycles. The lowest BCUT2D eigenvalue weighted by Gasteiger charge is -2.26. The first kappa shape index (κ1) is 21.9. The highest BCUT2D eigenvalue weighted by atomic mass is 16.2. The molecule has 0 bridgehead atoms. The van der Waals surface area contributed by atoms with Crippen molar-refractivity contribution in [3.8, 4) is 6.07 Å².